The van der Waals surface area contributed by atoms with Crippen LogP contribution >= 0.6 is 0 Å². The molecule has 7 nitrogen and oxygen atoms in total. The van der Waals surface area contributed by atoms with Crippen LogP contribution in [-0.2, 0) is 4.79 Å². The molecule has 0 spiro atoms. The number of rotatable bonds is 6. The summed E-state index contributed by atoms with van der Waals surface area (Å²) in [5, 5.41) is 10.7. The van der Waals surface area contributed by atoms with Gasteiger partial charge in [-0.25, -0.2) is 0 Å². The van der Waals surface area contributed by atoms with Crippen molar-refractivity contribution in [2.75, 3.05) is 26.0 Å². The van der Waals surface area contributed by atoms with E-state index < -0.39 is 0 Å². The van der Waals surface area contributed by atoms with E-state index in [-0.39, 0.29) is 11.8 Å². The van der Waals surface area contributed by atoms with Crippen molar-refractivity contribution < 1.29 is 9.59 Å². The van der Waals surface area contributed by atoms with Crippen LogP contribution in [0.5, 0.6) is 0 Å². The lowest BCUT2D eigenvalue weighted by Gasteiger charge is -2.09. The van der Waals surface area contributed by atoms with Gasteiger partial charge in [0.1, 0.15) is 5.82 Å². The molecule has 98 valence electrons. The molecule has 1 aromatic heterocycles. The second-order valence-corrected chi connectivity index (χ2v) is 4.00. The predicted molar refractivity (Wildman–Crippen MR) is 67.0 cm³/mol. The fraction of sp³-hybridized carbons (Fsp3) is 0.455. The second kappa shape index (κ2) is 6.53. The smallest absolute Gasteiger partial charge is 0.273 e. The van der Waals surface area contributed by atoms with Crippen molar-refractivity contribution >= 4 is 17.6 Å². The van der Waals surface area contributed by atoms with E-state index in [1.807, 2.05) is 0 Å². The molecule has 0 aliphatic carbocycles. The van der Waals surface area contributed by atoms with E-state index >= 15 is 0 Å². The Labute approximate surface area is 105 Å². The van der Waals surface area contributed by atoms with Gasteiger partial charge in [-0.3, -0.25) is 9.59 Å². The van der Waals surface area contributed by atoms with E-state index in [0.29, 0.717) is 30.9 Å². The summed E-state index contributed by atoms with van der Waals surface area (Å²) < 4.78 is 0. The standard InChI is InChI=1S/C11H17N5O2/c1-16(2)11(18)8-5-6-10(15-14-8)13-7-3-4-9(12)17/h5-6H,3-4,7H2,1-2H3,(H2,12,17)(H,13,15). The van der Waals surface area contributed by atoms with Gasteiger partial charge in [0.05, 0.1) is 0 Å². The highest BCUT2D eigenvalue weighted by molar-refractivity contribution is 5.91. The molecule has 0 bridgehead atoms. The largest absolute Gasteiger partial charge is 0.370 e. The van der Waals surface area contributed by atoms with E-state index in [0.717, 1.165) is 0 Å². The third kappa shape index (κ3) is 4.36. The Bertz CT molecular complexity index is 416. The van der Waals surface area contributed by atoms with E-state index in [4.69, 9.17) is 5.73 Å². The maximum Gasteiger partial charge on any atom is 0.273 e. The predicted octanol–water partition coefficient (Wildman–Crippen LogP) is -0.144. The summed E-state index contributed by atoms with van der Waals surface area (Å²) >= 11 is 0. The Hall–Kier alpha value is -2.18. The lowest BCUT2D eigenvalue weighted by atomic mass is 10.3. The summed E-state index contributed by atoms with van der Waals surface area (Å²) in [6, 6.07) is 3.28. The van der Waals surface area contributed by atoms with E-state index in [2.05, 4.69) is 15.5 Å². The average Bonchev–Trinajstić information content (AvgIpc) is 2.34. The van der Waals surface area contributed by atoms with Crippen LogP contribution in [0.3, 0.4) is 0 Å². The van der Waals surface area contributed by atoms with Crippen LogP contribution in [0.25, 0.3) is 0 Å². The summed E-state index contributed by atoms with van der Waals surface area (Å²) in [5.74, 6) is 0.0485. The molecule has 0 saturated carbocycles. The molecule has 18 heavy (non-hydrogen) atoms. The number of aromatic nitrogens is 2. The molecule has 7 heteroatoms. The first kappa shape index (κ1) is 13.9. The van der Waals surface area contributed by atoms with Crippen LogP contribution in [0.15, 0.2) is 12.1 Å². The van der Waals surface area contributed by atoms with Crippen molar-refractivity contribution in [1.29, 1.82) is 0 Å². The quantitative estimate of drug-likeness (QED) is 0.685. The maximum atomic E-state index is 11.5. The molecular weight excluding hydrogens is 234 g/mol. The molecule has 0 aromatic carbocycles. The number of anilines is 1. The van der Waals surface area contributed by atoms with Gasteiger partial charge in [0.25, 0.3) is 5.91 Å². The first-order valence-corrected chi connectivity index (χ1v) is 5.58. The van der Waals surface area contributed by atoms with Crippen molar-refractivity contribution in [2.24, 2.45) is 5.73 Å². The average molecular weight is 251 g/mol. The lowest BCUT2D eigenvalue weighted by molar-refractivity contribution is -0.118. The van der Waals surface area contributed by atoms with Crippen LogP contribution in [0, 0.1) is 0 Å². The summed E-state index contributed by atoms with van der Waals surface area (Å²) in [4.78, 5) is 23.5. The van der Waals surface area contributed by atoms with Gasteiger partial charge in [0.15, 0.2) is 5.69 Å². The van der Waals surface area contributed by atoms with Gasteiger partial charge in [-0.1, -0.05) is 0 Å². The van der Waals surface area contributed by atoms with Crippen molar-refractivity contribution in [1.82, 2.24) is 15.1 Å². The van der Waals surface area contributed by atoms with Crippen molar-refractivity contribution in [3.8, 4) is 0 Å². The molecule has 1 aromatic rings. The highest BCUT2D eigenvalue weighted by atomic mass is 16.2. The third-order valence-corrected chi connectivity index (χ3v) is 2.20. The normalized spacial score (nSPS) is 9.89. The number of hydrogen-bond acceptors (Lipinski definition) is 5. The topological polar surface area (TPSA) is 101 Å². The minimum absolute atomic E-state index is 0.192. The molecule has 0 aliphatic heterocycles. The molecule has 3 N–H and O–H groups in total. The molecule has 1 rings (SSSR count). The SMILES string of the molecule is CN(C)C(=O)c1ccc(NCCCC(N)=O)nn1. The fourth-order valence-corrected chi connectivity index (χ4v) is 1.25. The van der Waals surface area contributed by atoms with Gasteiger partial charge in [-0.05, 0) is 18.6 Å². The van der Waals surface area contributed by atoms with Gasteiger partial charge in [0, 0.05) is 27.1 Å². The van der Waals surface area contributed by atoms with Gasteiger partial charge < -0.3 is 16.0 Å². The summed E-state index contributed by atoms with van der Waals surface area (Å²) in [6.07, 6.45) is 0.965. The number of primary amides is 1. The Balaban J connectivity index is 2.45. The Morgan fingerprint density at radius 1 is 1.33 bits per heavy atom. The Kier molecular flexibility index (Phi) is 5.04. The van der Waals surface area contributed by atoms with Crippen LogP contribution in [-0.4, -0.2) is 47.6 Å². The molecule has 0 fully saturated rings. The summed E-state index contributed by atoms with van der Waals surface area (Å²) in [6.45, 7) is 0.582. The fourth-order valence-electron chi connectivity index (χ4n) is 1.25. The maximum absolute atomic E-state index is 11.5. The number of carbonyl (C=O) groups is 2. The summed E-state index contributed by atoms with van der Waals surface area (Å²) in [7, 11) is 3.31. The Morgan fingerprint density at radius 3 is 2.56 bits per heavy atom. The summed E-state index contributed by atoms with van der Waals surface area (Å²) in [5.41, 5.74) is 5.31. The van der Waals surface area contributed by atoms with Crippen LogP contribution < -0.4 is 11.1 Å². The molecule has 2 amide bonds. The first-order chi connectivity index (χ1) is 8.50. The number of amides is 2. The molecular formula is C11H17N5O2. The number of nitrogens with two attached hydrogens (primary N) is 1. The van der Waals surface area contributed by atoms with Crippen LogP contribution in [0.1, 0.15) is 23.3 Å². The molecule has 1 heterocycles. The van der Waals surface area contributed by atoms with Crippen LogP contribution in [0.2, 0.25) is 0 Å². The van der Waals surface area contributed by atoms with E-state index in [9.17, 15) is 9.59 Å². The molecule has 0 unspecified atom stereocenters. The number of nitrogens with one attached hydrogen (secondary N) is 1. The highest BCUT2D eigenvalue weighted by Gasteiger charge is 2.09. The molecule has 0 saturated heterocycles. The zero-order chi connectivity index (χ0) is 13.5. The Morgan fingerprint density at radius 2 is 2.06 bits per heavy atom. The van der Waals surface area contributed by atoms with Crippen molar-refractivity contribution in [2.45, 2.75) is 12.8 Å². The van der Waals surface area contributed by atoms with Gasteiger partial charge in [0.2, 0.25) is 5.91 Å². The minimum Gasteiger partial charge on any atom is -0.370 e. The van der Waals surface area contributed by atoms with Gasteiger partial charge in [-0.2, -0.15) is 0 Å². The zero-order valence-electron chi connectivity index (χ0n) is 10.5. The monoisotopic (exact) mass is 251 g/mol. The van der Waals surface area contributed by atoms with E-state index in [1.54, 1.807) is 26.2 Å². The van der Waals surface area contributed by atoms with Gasteiger partial charge in [-0.15, -0.1) is 10.2 Å². The second-order valence-electron chi connectivity index (χ2n) is 4.00. The molecule has 0 atom stereocenters. The minimum atomic E-state index is -0.324. The van der Waals surface area contributed by atoms with Crippen molar-refractivity contribution in [3.63, 3.8) is 0 Å². The van der Waals surface area contributed by atoms with Crippen LogP contribution in [0.4, 0.5) is 5.82 Å². The molecule has 0 aliphatic rings. The first-order valence-electron chi connectivity index (χ1n) is 5.58. The van der Waals surface area contributed by atoms with E-state index in [1.165, 1.54) is 4.90 Å². The lowest BCUT2D eigenvalue weighted by Crippen LogP contribution is -2.23. The highest BCUT2D eigenvalue weighted by Crippen LogP contribution is 2.04. The van der Waals surface area contributed by atoms with Crippen molar-refractivity contribution in [3.05, 3.63) is 17.8 Å². The van der Waals surface area contributed by atoms with Gasteiger partial charge >= 0.3 is 0 Å². The zero-order valence-corrected chi connectivity index (χ0v) is 10.5. The number of carbonyl (C=O) groups excluding carboxylic acids is 2. The molecule has 0 radical (unpaired) electrons. The number of hydrogen-bond donors (Lipinski definition) is 2. The third-order valence-electron chi connectivity index (χ3n) is 2.20. The number of nitrogens with zero attached hydrogens (tertiary/aromatic N) is 3.